The van der Waals surface area contributed by atoms with E-state index in [2.05, 4.69) is 39.6 Å². The molecule has 2 aromatic rings. The number of aromatic nitrogens is 1. The lowest BCUT2D eigenvalue weighted by atomic mass is 9.98. The number of piperidine rings is 2. The Morgan fingerprint density at radius 2 is 1.76 bits per heavy atom. The first-order valence-corrected chi connectivity index (χ1v) is 13.3. The largest absolute Gasteiger partial charge is 0.360 e. The molecule has 180 valence electrons. The van der Waals surface area contributed by atoms with Gasteiger partial charge in [0.25, 0.3) is 0 Å². The van der Waals surface area contributed by atoms with Gasteiger partial charge in [0.2, 0.25) is 15.9 Å². The van der Waals surface area contributed by atoms with Gasteiger partial charge in [-0.25, -0.2) is 8.42 Å². The van der Waals surface area contributed by atoms with Gasteiger partial charge in [0.1, 0.15) is 10.6 Å². The molecule has 0 saturated carbocycles. The number of carbonyl (C=O) groups is 1. The van der Waals surface area contributed by atoms with Crippen LogP contribution < -0.4 is 5.32 Å². The molecule has 1 N–H and O–H groups in total. The van der Waals surface area contributed by atoms with Crippen molar-refractivity contribution in [3.05, 3.63) is 46.8 Å². The average Bonchev–Trinajstić information content (AvgIpc) is 3.17. The second-order valence-electron chi connectivity index (χ2n) is 9.23. The number of likely N-dealkylation sites (tertiary alicyclic amines) is 1. The molecule has 2 aliphatic heterocycles. The van der Waals surface area contributed by atoms with Gasteiger partial charge in [0.05, 0.1) is 5.92 Å². The molecule has 2 aliphatic rings. The predicted molar refractivity (Wildman–Crippen MR) is 125 cm³/mol. The van der Waals surface area contributed by atoms with E-state index in [-0.39, 0.29) is 29.0 Å². The molecule has 1 aromatic heterocycles. The third-order valence-corrected chi connectivity index (χ3v) is 8.78. The Morgan fingerprint density at radius 1 is 1.06 bits per heavy atom. The van der Waals surface area contributed by atoms with E-state index in [1.807, 2.05) is 0 Å². The summed E-state index contributed by atoms with van der Waals surface area (Å²) in [5.74, 6) is -0.193. The Hall–Kier alpha value is -2.23. The van der Waals surface area contributed by atoms with Crippen molar-refractivity contribution in [2.75, 3.05) is 26.2 Å². The maximum absolute atomic E-state index is 13.1. The minimum atomic E-state index is -3.74. The number of hydrogen-bond acceptors (Lipinski definition) is 6. The molecule has 2 fully saturated rings. The molecular formula is C24H34N4O4S. The summed E-state index contributed by atoms with van der Waals surface area (Å²) in [6, 6.07) is 8.40. The number of sulfonamides is 1. The molecule has 0 bridgehead atoms. The first-order valence-electron chi connectivity index (χ1n) is 11.9. The van der Waals surface area contributed by atoms with Gasteiger partial charge < -0.3 is 9.84 Å². The quantitative estimate of drug-likeness (QED) is 0.663. The predicted octanol–water partition coefficient (Wildman–Crippen LogP) is 2.99. The highest BCUT2D eigenvalue weighted by atomic mass is 32.2. The van der Waals surface area contributed by atoms with E-state index in [1.54, 1.807) is 13.8 Å². The number of carbonyl (C=O) groups excluding carboxylic acids is 1. The third-order valence-electron chi connectivity index (χ3n) is 6.67. The van der Waals surface area contributed by atoms with Crippen molar-refractivity contribution in [1.82, 2.24) is 19.7 Å². The lowest BCUT2D eigenvalue weighted by Crippen LogP contribution is -2.45. The number of rotatable bonds is 7. The minimum Gasteiger partial charge on any atom is -0.360 e. The fraction of sp³-hybridized carbons (Fsp3) is 0.583. The highest BCUT2D eigenvalue weighted by molar-refractivity contribution is 7.89. The molecule has 0 aliphatic carbocycles. The van der Waals surface area contributed by atoms with Crippen molar-refractivity contribution < 1.29 is 17.7 Å². The van der Waals surface area contributed by atoms with E-state index in [1.165, 1.54) is 42.2 Å². The van der Waals surface area contributed by atoms with E-state index < -0.39 is 10.0 Å². The third kappa shape index (κ3) is 5.65. The SMILES string of the molecule is Cc1noc(C)c1S(=O)(=O)N1CCCC(C(=O)NCc2ccc(CN3CCCCC3)cc2)C1. The highest BCUT2D eigenvalue weighted by Gasteiger charge is 2.36. The molecule has 9 heteroatoms. The van der Waals surface area contributed by atoms with Crippen LogP contribution in [0.2, 0.25) is 0 Å². The molecule has 0 spiro atoms. The maximum atomic E-state index is 13.1. The number of nitrogens with one attached hydrogen (secondary N) is 1. The van der Waals surface area contributed by atoms with E-state index >= 15 is 0 Å². The summed E-state index contributed by atoms with van der Waals surface area (Å²) >= 11 is 0. The highest BCUT2D eigenvalue weighted by Crippen LogP contribution is 2.27. The zero-order valence-corrected chi connectivity index (χ0v) is 20.4. The van der Waals surface area contributed by atoms with Crippen LogP contribution in [0.1, 0.15) is 54.7 Å². The van der Waals surface area contributed by atoms with Gasteiger partial charge >= 0.3 is 0 Å². The van der Waals surface area contributed by atoms with Crippen LogP contribution in [0, 0.1) is 19.8 Å². The van der Waals surface area contributed by atoms with Crippen LogP contribution >= 0.6 is 0 Å². The monoisotopic (exact) mass is 474 g/mol. The van der Waals surface area contributed by atoms with Crippen LogP contribution in [0.15, 0.2) is 33.7 Å². The molecule has 4 rings (SSSR count). The second-order valence-corrected chi connectivity index (χ2v) is 11.1. The summed E-state index contributed by atoms with van der Waals surface area (Å²) in [6.45, 7) is 7.54. The molecular weight excluding hydrogens is 440 g/mol. The van der Waals surface area contributed by atoms with Crippen molar-refractivity contribution in [1.29, 1.82) is 0 Å². The standard InChI is InChI=1S/C24H34N4O4S/c1-18-23(19(2)32-26-18)33(30,31)28-14-6-7-22(17-28)24(29)25-15-20-8-10-21(11-9-20)16-27-12-4-3-5-13-27/h8-11,22H,3-7,12-17H2,1-2H3,(H,25,29). The average molecular weight is 475 g/mol. The van der Waals surface area contributed by atoms with Crippen molar-refractivity contribution in [3.8, 4) is 0 Å². The maximum Gasteiger partial charge on any atom is 0.248 e. The molecule has 1 atom stereocenters. The van der Waals surface area contributed by atoms with Gasteiger partial charge in [0.15, 0.2) is 5.76 Å². The summed E-state index contributed by atoms with van der Waals surface area (Å²) in [6.07, 6.45) is 5.21. The zero-order valence-electron chi connectivity index (χ0n) is 19.5. The number of hydrogen-bond donors (Lipinski definition) is 1. The zero-order chi connectivity index (χ0) is 23.4. The Kier molecular flexibility index (Phi) is 7.51. The second kappa shape index (κ2) is 10.4. The lowest BCUT2D eigenvalue weighted by molar-refractivity contribution is -0.126. The van der Waals surface area contributed by atoms with Crippen LogP contribution in [-0.2, 0) is 27.9 Å². The van der Waals surface area contributed by atoms with Crippen molar-refractivity contribution in [2.45, 2.75) is 63.9 Å². The molecule has 33 heavy (non-hydrogen) atoms. The summed E-state index contributed by atoms with van der Waals surface area (Å²) < 4.78 is 32.6. The Bertz CT molecular complexity index is 1040. The molecule has 2 saturated heterocycles. The topological polar surface area (TPSA) is 95.8 Å². The molecule has 1 aromatic carbocycles. The van der Waals surface area contributed by atoms with E-state index in [9.17, 15) is 13.2 Å². The van der Waals surface area contributed by atoms with Gasteiger partial charge in [-0.3, -0.25) is 9.69 Å². The molecule has 1 unspecified atom stereocenters. The van der Waals surface area contributed by atoms with Gasteiger partial charge in [-0.05, 0) is 63.7 Å². The molecule has 3 heterocycles. The van der Waals surface area contributed by atoms with Gasteiger partial charge in [-0.2, -0.15) is 4.31 Å². The van der Waals surface area contributed by atoms with Gasteiger partial charge in [0, 0.05) is 26.2 Å². The first-order chi connectivity index (χ1) is 15.8. The minimum absolute atomic E-state index is 0.106. The fourth-order valence-corrected chi connectivity index (χ4v) is 6.63. The van der Waals surface area contributed by atoms with E-state index in [4.69, 9.17) is 4.52 Å². The molecule has 0 radical (unpaired) electrons. The summed E-state index contributed by atoms with van der Waals surface area (Å²) in [4.78, 5) is 15.4. The number of benzene rings is 1. The van der Waals surface area contributed by atoms with Crippen molar-refractivity contribution >= 4 is 15.9 Å². The smallest absolute Gasteiger partial charge is 0.248 e. The number of nitrogens with zero attached hydrogens (tertiary/aromatic N) is 3. The Morgan fingerprint density at radius 3 is 2.42 bits per heavy atom. The number of aryl methyl sites for hydroxylation is 2. The normalized spacial score (nSPS) is 20.6. The van der Waals surface area contributed by atoms with Gasteiger partial charge in [-0.15, -0.1) is 0 Å². The Balaban J connectivity index is 1.31. The summed E-state index contributed by atoms with van der Waals surface area (Å²) in [5.41, 5.74) is 2.68. The first kappa shape index (κ1) is 23.9. The van der Waals surface area contributed by atoms with Crippen LogP contribution in [-0.4, -0.2) is 54.9 Å². The fourth-order valence-electron chi connectivity index (χ4n) is 4.82. The van der Waals surface area contributed by atoms with Crippen LogP contribution in [0.3, 0.4) is 0 Å². The summed E-state index contributed by atoms with van der Waals surface area (Å²) in [7, 11) is -3.74. The van der Waals surface area contributed by atoms with Crippen molar-refractivity contribution in [2.24, 2.45) is 5.92 Å². The Labute approximate surface area is 196 Å². The van der Waals surface area contributed by atoms with Crippen LogP contribution in [0.5, 0.6) is 0 Å². The summed E-state index contributed by atoms with van der Waals surface area (Å²) in [5, 5.41) is 6.77. The van der Waals surface area contributed by atoms with Crippen LogP contribution in [0.4, 0.5) is 0 Å². The van der Waals surface area contributed by atoms with Gasteiger partial charge in [-0.1, -0.05) is 35.8 Å². The molecule has 1 amide bonds. The van der Waals surface area contributed by atoms with Crippen LogP contribution in [0.25, 0.3) is 0 Å². The molecule has 8 nitrogen and oxygen atoms in total. The van der Waals surface area contributed by atoms with E-state index in [0.29, 0.717) is 31.6 Å². The van der Waals surface area contributed by atoms with E-state index in [0.717, 1.165) is 12.1 Å². The number of amides is 1. The lowest BCUT2D eigenvalue weighted by Gasteiger charge is -2.31. The van der Waals surface area contributed by atoms with Crippen molar-refractivity contribution in [3.63, 3.8) is 0 Å².